The second-order valence-electron chi connectivity index (χ2n) is 6.07. The fourth-order valence-electron chi connectivity index (χ4n) is 3.06. The van der Waals surface area contributed by atoms with Crippen LogP contribution < -0.4 is 9.47 Å². The second-order valence-corrected chi connectivity index (χ2v) is 6.07. The van der Waals surface area contributed by atoms with Gasteiger partial charge in [-0.05, 0) is 24.6 Å². The van der Waals surface area contributed by atoms with Crippen molar-refractivity contribution >= 4 is 0 Å². The predicted molar refractivity (Wildman–Crippen MR) is 84.6 cm³/mol. The van der Waals surface area contributed by atoms with Crippen molar-refractivity contribution in [2.24, 2.45) is 0 Å². The summed E-state index contributed by atoms with van der Waals surface area (Å²) in [4.78, 5) is 4.60. The molecule has 0 atom stereocenters. The monoisotopic (exact) mass is 296 g/mol. The van der Waals surface area contributed by atoms with Crippen molar-refractivity contribution in [2.75, 3.05) is 20.1 Å². The molecule has 114 valence electrons. The zero-order chi connectivity index (χ0) is 14.9. The second kappa shape index (κ2) is 5.63. The van der Waals surface area contributed by atoms with Gasteiger partial charge in [-0.2, -0.15) is 0 Å². The Kier molecular flexibility index (Phi) is 3.48. The van der Waals surface area contributed by atoms with Crippen LogP contribution in [0.15, 0.2) is 42.5 Å². The summed E-state index contributed by atoms with van der Waals surface area (Å²) in [6.07, 6.45) is 0. The van der Waals surface area contributed by atoms with Crippen molar-refractivity contribution in [1.29, 1.82) is 0 Å². The first-order valence-electron chi connectivity index (χ1n) is 7.66. The summed E-state index contributed by atoms with van der Waals surface area (Å²) in [5, 5.41) is 0. The molecule has 4 heteroatoms. The highest BCUT2D eigenvalue weighted by molar-refractivity contribution is 5.38. The van der Waals surface area contributed by atoms with Gasteiger partial charge in [0, 0.05) is 24.2 Å². The van der Waals surface area contributed by atoms with Crippen molar-refractivity contribution in [3.63, 3.8) is 0 Å². The molecule has 0 amide bonds. The highest BCUT2D eigenvalue weighted by Gasteiger charge is 2.22. The van der Waals surface area contributed by atoms with Crippen LogP contribution in [0.5, 0.6) is 11.5 Å². The molecule has 0 N–H and O–H groups in total. The molecule has 4 nitrogen and oxygen atoms in total. The van der Waals surface area contributed by atoms with E-state index >= 15 is 0 Å². The molecule has 4 rings (SSSR count). The van der Waals surface area contributed by atoms with E-state index in [4.69, 9.17) is 9.47 Å². The van der Waals surface area contributed by atoms with Gasteiger partial charge in [0.1, 0.15) is 25.0 Å². The smallest absolute Gasteiger partial charge is 0.143 e. The molecule has 0 fully saturated rings. The van der Waals surface area contributed by atoms with E-state index in [9.17, 15) is 0 Å². The number of para-hydroxylation sites is 1. The van der Waals surface area contributed by atoms with Crippen LogP contribution in [0.1, 0.15) is 16.7 Å². The molecule has 0 aromatic heterocycles. The van der Waals surface area contributed by atoms with E-state index in [2.05, 4.69) is 47.1 Å². The summed E-state index contributed by atoms with van der Waals surface area (Å²) in [6.45, 7) is 6.06. The summed E-state index contributed by atoms with van der Waals surface area (Å²) >= 11 is 0. The first-order valence-corrected chi connectivity index (χ1v) is 7.66. The lowest BCUT2D eigenvalue weighted by atomic mass is 10.1. The van der Waals surface area contributed by atoms with Gasteiger partial charge in [0.2, 0.25) is 0 Å². The highest BCUT2D eigenvalue weighted by atomic mass is 16.5. The van der Waals surface area contributed by atoms with Gasteiger partial charge in [-0.1, -0.05) is 30.3 Å². The summed E-state index contributed by atoms with van der Waals surface area (Å²) < 4.78 is 11.7. The maximum Gasteiger partial charge on any atom is 0.143 e. The summed E-state index contributed by atoms with van der Waals surface area (Å²) in [7, 11) is 0. The lowest BCUT2D eigenvalue weighted by Gasteiger charge is -2.35. The minimum absolute atomic E-state index is 0.633. The molecule has 0 bridgehead atoms. The minimum atomic E-state index is 0.633. The lowest BCUT2D eigenvalue weighted by Crippen LogP contribution is -2.44. The Morgan fingerprint density at radius 2 is 1.55 bits per heavy atom. The average molecular weight is 296 g/mol. The van der Waals surface area contributed by atoms with E-state index in [1.165, 1.54) is 16.7 Å². The third-order valence-electron chi connectivity index (χ3n) is 4.19. The average Bonchev–Trinajstić information content (AvgIpc) is 2.55. The van der Waals surface area contributed by atoms with Gasteiger partial charge in [0.15, 0.2) is 0 Å². The molecule has 0 unspecified atom stereocenters. The van der Waals surface area contributed by atoms with E-state index < -0.39 is 0 Å². The number of rotatable bonds is 2. The van der Waals surface area contributed by atoms with Crippen molar-refractivity contribution in [3.8, 4) is 11.5 Å². The number of hydrogen-bond donors (Lipinski definition) is 0. The molecule has 0 saturated carbocycles. The van der Waals surface area contributed by atoms with E-state index in [-0.39, 0.29) is 0 Å². The van der Waals surface area contributed by atoms with Crippen molar-refractivity contribution < 1.29 is 9.47 Å². The van der Waals surface area contributed by atoms with Crippen molar-refractivity contribution in [2.45, 2.75) is 20.0 Å². The highest BCUT2D eigenvalue weighted by Crippen LogP contribution is 2.28. The Morgan fingerprint density at radius 1 is 0.864 bits per heavy atom. The van der Waals surface area contributed by atoms with Crippen LogP contribution in [0, 0.1) is 6.92 Å². The maximum absolute atomic E-state index is 5.89. The van der Waals surface area contributed by atoms with Crippen LogP contribution in [0.2, 0.25) is 0 Å². The Bertz CT molecular complexity index is 687. The zero-order valence-electron chi connectivity index (χ0n) is 12.8. The molecule has 0 saturated heterocycles. The minimum Gasteiger partial charge on any atom is -0.478 e. The van der Waals surface area contributed by atoms with E-state index in [1.807, 2.05) is 12.1 Å². The first kappa shape index (κ1) is 13.6. The van der Waals surface area contributed by atoms with Crippen LogP contribution >= 0.6 is 0 Å². The van der Waals surface area contributed by atoms with Gasteiger partial charge >= 0.3 is 0 Å². The van der Waals surface area contributed by atoms with Crippen LogP contribution in [-0.2, 0) is 13.1 Å². The number of fused-ring (bicyclic) bond motifs is 2. The third kappa shape index (κ3) is 2.67. The number of benzene rings is 2. The standard InChI is InChI=1S/C18H20N2O2/c1-14-6-7-16-10-20(13-22-18(16)8-14)11-19-9-15-4-2-3-5-17(15)21-12-19/h2-8H,9-13H2,1H3. The third-order valence-corrected chi connectivity index (χ3v) is 4.19. The molecule has 0 radical (unpaired) electrons. The summed E-state index contributed by atoms with van der Waals surface area (Å²) in [6, 6.07) is 14.7. The molecule has 0 aliphatic carbocycles. The topological polar surface area (TPSA) is 24.9 Å². The Balaban J connectivity index is 1.42. The van der Waals surface area contributed by atoms with E-state index in [0.29, 0.717) is 13.5 Å². The molecular weight excluding hydrogens is 276 g/mol. The van der Waals surface area contributed by atoms with Crippen LogP contribution in [0.4, 0.5) is 0 Å². The normalized spacial score (nSPS) is 18.0. The molecule has 2 aromatic carbocycles. The quantitative estimate of drug-likeness (QED) is 0.850. The van der Waals surface area contributed by atoms with Gasteiger partial charge in [0.25, 0.3) is 0 Å². The van der Waals surface area contributed by atoms with Gasteiger partial charge in [-0.3, -0.25) is 9.80 Å². The predicted octanol–water partition coefficient (Wildman–Crippen LogP) is 2.96. The lowest BCUT2D eigenvalue weighted by molar-refractivity contribution is -0.00343. The van der Waals surface area contributed by atoms with Gasteiger partial charge in [0.05, 0.1) is 6.67 Å². The zero-order valence-corrected chi connectivity index (χ0v) is 12.8. The van der Waals surface area contributed by atoms with Crippen LogP contribution in [0.25, 0.3) is 0 Å². The number of nitrogens with zero attached hydrogens (tertiary/aromatic N) is 2. The van der Waals surface area contributed by atoms with Crippen LogP contribution in [-0.4, -0.2) is 29.9 Å². The molecular formula is C18H20N2O2. The van der Waals surface area contributed by atoms with Gasteiger partial charge < -0.3 is 9.47 Å². The molecule has 2 heterocycles. The summed E-state index contributed by atoms with van der Waals surface area (Å²) in [5.41, 5.74) is 3.76. The Morgan fingerprint density at radius 3 is 2.36 bits per heavy atom. The van der Waals surface area contributed by atoms with Crippen LogP contribution in [0.3, 0.4) is 0 Å². The molecule has 2 aromatic rings. The number of aryl methyl sites for hydroxylation is 1. The fourth-order valence-corrected chi connectivity index (χ4v) is 3.06. The molecule has 22 heavy (non-hydrogen) atoms. The largest absolute Gasteiger partial charge is 0.478 e. The SMILES string of the molecule is Cc1ccc2c(c1)OCN(CN1COc3ccccc3C1)C2. The Labute approximate surface area is 130 Å². The van der Waals surface area contributed by atoms with Gasteiger partial charge in [-0.15, -0.1) is 0 Å². The van der Waals surface area contributed by atoms with E-state index in [0.717, 1.165) is 31.3 Å². The maximum atomic E-state index is 5.89. The number of hydrogen-bond acceptors (Lipinski definition) is 4. The van der Waals surface area contributed by atoms with Crippen molar-refractivity contribution in [3.05, 3.63) is 59.2 Å². The molecule has 0 spiro atoms. The fraction of sp³-hybridized carbons (Fsp3) is 0.333. The van der Waals surface area contributed by atoms with Gasteiger partial charge in [-0.25, -0.2) is 0 Å². The van der Waals surface area contributed by atoms with Crippen molar-refractivity contribution in [1.82, 2.24) is 9.80 Å². The van der Waals surface area contributed by atoms with E-state index in [1.54, 1.807) is 0 Å². The summed E-state index contributed by atoms with van der Waals surface area (Å²) in [5.74, 6) is 2.03. The number of ether oxygens (including phenoxy) is 2. The molecule has 2 aliphatic heterocycles. The first-order chi connectivity index (χ1) is 10.8. The Hall–Kier alpha value is -2.04. The molecule has 2 aliphatic rings.